The lowest BCUT2D eigenvalue weighted by Crippen LogP contribution is -2.42. The molecule has 5 heteroatoms. The monoisotopic (exact) mass is 268 g/mol. The Labute approximate surface area is 114 Å². The molecule has 3 N–H and O–H groups in total. The Morgan fingerprint density at radius 1 is 1.32 bits per heavy atom. The van der Waals surface area contributed by atoms with Crippen LogP contribution >= 0.6 is 0 Å². The van der Waals surface area contributed by atoms with Gasteiger partial charge >= 0.3 is 0 Å². The van der Waals surface area contributed by atoms with Crippen LogP contribution in [0.1, 0.15) is 51.9 Å². The van der Waals surface area contributed by atoms with Gasteiger partial charge in [-0.15, -0.1) is 0 Å². The van der Waals surface area contributed by atoms with Gasteiger partial charge in [0.15, 0.2) is 0 Å². The van der Waals surface area contributed by atoms with E-state index in [2.05, 4.69) is 12.2 Å². The lowest BCUT2D eigenvalue weighted by atomic mass is 9.82. The van der Waals surface area contributed by atoms with Crippen molar-refractivity contribution in [2.45, 2.75) is 64.1 Å². The number of carbonyl (C=O) groups excluding carboxylic acids is 2. The number of amides is 2. The van der Waals surface area contributed by atoms with Gasteiger partial charge in [0.25, 0.3) is 0 Å². The number of rotatable bonds is 5. The van der Waals surface area contributed by atoms with E-state index in [1.807, 2.05) is 0 Å². The third kappa shape index (κ3) is 3.08. The van der Waals surface area contributed by atoms with E-state index in [0.29, 0.717) is 13.0 Å². The first-order chi connectivity index (χ1) is 9.07. The minimum absolute atomic E-state index is 0.0724. The molecule has 0 aromatic heterocycles. The molecule has 2 aliphatic rings. The maximum atomic E-state index is 12.3. The van der Waals surface area contributed by atoms with E-state index in [1.54, 1.807) is 0 Å². The van der Waals surface area contributed by atoms with Gasteiger partial charge in [0.05, 0.1) is 6.10 Å². The minimum Gasteiger partial charge on any atom is -0.367 e. The van der Waals surface area contributed by atoms with Crippen molar-refractivity contribution < 1.29 is 14.3 Å². The van der Waals surface area contributed by atoms with Gasteiger partial charge < -0.3 is 15.8 Å². The van der Waals surface area contributed by atoms with Crippen molar-refractivity contribution in [1.82, 2.24) is 5.32 Å². The van der Waals surface area contributed by atoms with Crippen molar-refractivity contribution in [3.05, 3.63) is 0 Å². The second kappa shape index (κ2) is 5.90. The highest BCUT2D eigenvalue weighted by molar-refractivity contribution is 5.83. The van der Waals surface area contributed by atoms with E-state index in [0.717, 1.165) is 38.5 Å². The first kappa shape index (κ1) is 14.3. The average molecular weight is 268 g/mol. The van der Waals surface area contributed by atoms with Crippen molar-refractivity contribution in [3.8, 4) is 0 Å². The van der Waals surface area contributed by atoms with Crippen LogP contribution in [0.3, 0.4) is 0 Å². The lowest BCUT2D eigenvalue weighted by Gasteiger charge is -2.26. The van der Waals surface area contributed by atoms with Gasteiger partial charge in [-0.05, 0) is 32.1 Å². The summed E-state index contributed by atoms with van der Waals surface area (Å²) < 4.78 is 5.51. The summed E-state index contributed by atoms with van der Waals surface area (Å²) in [6.07, 6.45) is 6.06. The maximum absolute atomic E-state index is 12.3. The molecule has 0 spiro atoms. The van der Waals surface area contributed by atoms with Crippen molar-refractivity contribution in [1.29, 1.82) is 0 Å². The third-order valence-corrected chi connectivity index (χ3v) is 4.63. The molecule has 2 amide bonds. The van der Waals surface area contributed by atoms with Crippen LogP contribution in [0.5, 0.6) is 0 Å². The maximum Gasteiger partial charge on any atom is 0.246 e. The number of hydrogen-bond donors (Lipinski definition) is 2. The van der Waals surface area contributed by atoms with E-state index in [9.17, 15) is 9.59 Å². The number of primary amides is 1. The van der Waals surface area contributed by atoms with Crippen molar-refractivity contribution in [2.24, 2.45) is 11.1 Å². The summed E-state index contributed by atoms with van der Waals surface area (Å²) in [5, 5.41) is 3.00. The number of carbonyl (C=O) groups is 2. The Bertz CT molecular complexity index is 351. The molecule has 108 valence electrons. The molecule has 2 atom stereocenters. The predicted octanol–water partition coefficient (Wildman–Crippen LogP) is 1.11. The topological polar surface area (TPSA) is 81.4 Å². The van der Waals surface area contributed by atoms with Gasteiger partial charge in [-0.3, -0.25) is 9.59 Å². The van der Waals surface area contributed by atoms with Gasteiger partial charge in [0.2, 0.25) is 11.8 Å². The van der Waals surface area contributed by atoms with Crippen molar-refractivity contribution in [2.75, 3.05) is 6.54 Å². The highest BCUT2D eigenvalue weighted by Gasteiger charge is 2.39. The summed E-state index contributed by atoms with van der Waals surface area (Å²) >= 11 is 0. The summed E-state index contributed by atoms with van der Waals surface area (Å²) in [6, 6.07) is 0. The SMILES string of the molecule is CCC1(C(=O)NC[C@@H]2CC[C@H](C(N)=O)O2)CCCC1. The largest absolute Gasteiger partial charge is 0.367 e. The van der Waals surface area contributed by atoms with Gasteiger partial charge in [-0.25, -0.2) is 0 Å². The van der Waals surface area contributed by atoms with Crippen LogP contribution in [0.4, 0.5) is 0 Å². The van der Waals surface area contributed by atoms with Crippen LogP contribution in [-0.2, 0) is 14.3 Å². The molecule has 2 fully saturated rings. The smallest absolute Gasteiger partial charge is 0.246 e. The normalized spacial score (nSPS) is 29.3. The summed E-state index contributed by atoms with van der Waals surface area (Å²) in [5.74, 6) is -0.256. The molecule has 0 aromatic rings. The standard InChI is InChI=1S/C14H24N2O3/c1-2-14(7-3-4-8-14)13(18)16-9-10-5-6-11(19-10)12(15)17/h10-11H,2-9H2,1H3,(H2,15,17)(H,16,18)/t10-,11+/m0/s1. The molecule has 0 unspecified atom stereocenters. The first-order valence-corrected chi connectivity index (χ1v) is 7.30. The molecular weight excluding hydrogens is 244 g/mol. The summed E-state index contributed by atoms with van der Waals surface area (Å²) in [7, 11) is 0. The Balaban J connectivity index is 1.79. The van der Waals surface area contributed by atoms with Gasteiger partial charge in [0.1, 0.15) is 6.10 Å². The first-order valence-electron chi connectivity index (χ1n) is 7.30. The second-order valence-electron chi connectivity index (χ2n) is 5.78. The van der Waals surface area contributed by atoms with E-state index < -0.39 is 12.0 Å². The Hall–Kier alpha value is -1.10. The molecule has 1 aliphatic carbocycles. The van der Waals surface area contributed by atoms with Crippen LogP contribution < -0.4 is 11.1 Å². The predicted molar refractivity (Wildman–Crippen MR) is 71.3 cm³/mol. The van der Waals surface area contributed by atoms with Crippen LogP contribution in [0.2, 0.25) is 0 Å². The number of hydrogen-bond acceptors (Lipinski definition) is 3. The summed E-state index contributed by atoms with van der Waals surface area (Å²) in [6.45, 7) is 2.57. The molecule has 2 rings (SSSR count). The zero-order valence-electron chi connectivity index (χ0n) is 11.6. The molecule has 1 heterocycles. The van der Waals surface area contributed by atoms with E-state index >= 15 is 0 Å². The Kier molecular flexibility index (Phi) is 4.45. The van der Waals surface area contributed by atoms with Crippen LogP contribution in [-0.4, -0.2) is 30.6 Å². The van der Waals surface area contributed by atoms with Crippen LogP contribution in [0, 0.1) is 5.41 Å². The molecule has 19 heavy (non-hydrogen) atoms. The Morgan fingerprint density at radius 2 is 2.00 bits per heavy atom. The van der Waals surface area contributed by atoms with E-state index in [1.165, 1.54) is 0 Å². The van der Waals surface area contributed by atoms with Crippen molar-refractivity contribution >= 4 is 11.8 Å². The molecule has 1 saturated heterocycles. The highest BCUT2D eigenvalue weighted by Crippen LogP contribution is 2.41. The lowest BCUT2D eigenvalue weighted by molar-refractivity contribution is -0.132. The Morgan fingerprint density at radius 3 is 2.53 bits per heavy atom. The van der Waals surface area contributed by atoms with Gasteiger partial charge in [-0.2, -0.15) is 0 Å². The molecule has 0 bridgehead atoms. The zero-order valence-corrected chi connectivity index (χ0v) is 11.6. The number of nitrogens with two attached hydrogens (primary N) is 1. The van der Waals surface area contributed by atoms with Crippen LogP contribution in [0.15, 0.2) is 0 Å². The number of ether oxygens (including phenoxy) is 1. The molecular formula is C14H24N2O3. The molecule has 5 nitrogen and oxygen atoms in total. The average Bonchev–Trinajstić information content (AvgIpc) is 3.05. The summed E-state index contributed by atoms with van der Waals surface area (Å²) in [4.78, 5) is 23.3. The summed E-state index contributed by atoms with van der Waals surface area (Å²) in [5.41, 5.74) is 5.04. The van der Waals surface area contributed by atoms with E-state index in [-0.39, 0.29) is 17.4 Å². The fourth-order valence-corrected chi connectivity index (χ4v) is 3.25. The second-order valence-corrected chi connectivity index (χ2v) is 5.78. The molecule has 0 radical (unpaired) electrons. The van der Waals surface area contributed by atoms with E-state index in [4.69, 9.17) is 10.5 Å². The van der Waals surface area contributed by atoms with Gasteiger partial charge in [0, 0.05) is 12.0 Å². The van der Waals surface area contributed by atoms with Gasteiger partial charge in [-0.1, -0.05) is 19.8 Å². The third-order valence-electron chi connectivity index (χ3n) is 4.63. The highest BCUT2D eigenvalue weighted by atomic mass is 16.5. The molecule has 1 saturated carbocycles. The molecule has 0 aromatic carbocycles. The van der Waals surface area contributed by atoms with Crippen molar-refractivity contribution in [3.63, 3.8) is 0 Å². The number of nitrogens with one attached hydrogen (secondary N) is 1. The fourth-order valence-electron chi connectivity index (χ4n) is 3.25. The van der Waals surface area contributed by atoms with Crippen LogP contribution in [0.25, 0.3) is 0 Å². The quantitative estimate of drug-likeness (QED) is 0.783. The minimum atomic E-state index is -0.478. The zero-order chi connectivity index (χ0) is 13.9. The molecule has 1 aliphatic heterocycles. The fraction of sp³-hybridized carbons (Fsp3) is 0.857.